The molecule has 1 aromatic carbocycles. The quantitative estimate of drug-likeness (QED) is 0.177. The van der Waals surface area contributed by atoms with Gasteiger partial charge >= 0.3 is 5.97 Å². The third-order valence-corrected chi connectivity index (χ3v) is 7.07. The molecule has 0 fully saturated rings. The topological polar surface area (TPSA) is 134 Å². The zero-order chi connectivity index (χ0) is 27.5. The van der Waals surface area contributed by atoms with Crippen LogP contribution in [-0.4, -0.2) is 60.3 Å². The van der Waals surface area contributed by atoms with Crippen LogP contribution < -0.4 is 20.7 Å². The van der Waals surface area contributed by atoms with Crippen LogP contribution in [0, 0.1) is 11.3 Å². The number of hydrogen-bond acceptors (Lipinski definition) is 6. The molecule has 0 aromatic heterocycles. The van der Waals surface area contributed by atoms with Crippen molar-refractivity contribution in [3.05, 3.63) is 29.8 Å². The van der Waals surface area contributed by atoms with E-state index in [0.29, 0.717) is 18.1 Å². The van der Waals surface area contributed by atoms with Gasteiger partial charge in [0.15, 0.2) is 0 Å². The summed E-state index contributed by atoms with van der Waals surface area (Å²) in [6.45, 7) is 7.29. The average Bonchev–Trinajstić information content (AvgIpc) is 2.83. The minimum absolute atomic E-state index is 0.199. The zero-order valence-electron chi connectivity index (χ0n) is 22.1. The Labute approximate surface area is 219 Å². The van der Waals surface area contributed by atoms with Crippen LogP contribution >= 0.6 is 12.6 Å². The molecule has 0 aliphatic carbocycles. The van der Waals surface area contributed by atoms with Gasteiger partial charge in [-0.3, -0.25) is 14.4 Å². The first-order valence-electron chi connectivity index (χ1n) is 12.2. The molecule has 0 radical (unpaired) electrons. The van der Waals surface area contributed by atoms with Crippen molar-refractivity contribution >= 4 is 36.3 Å². The summed E-state index contributed by atoms with van der Waals surface area (Å²) in [7, 11) is 3.03. The third-order valence-electron chi connectivity index (χ3n) is 6.13. The van der Waals surface area contributed by atoms with E-state index in [0.717, 1.165) is 18.4 Å². The Morgan fingerprint density at radius 3 is 2.17 bits per heavy atom. The second-order valence-corrected chi connectivity index (χ2v) is 10.4. The molecule has 0 aliphatic rings. The van der Waals surface area contributed by atoms with E-state index in [4.69, 9.17) is 4.74 Å². The van der Waals surface area contributed by atoms with Gasteiger partial charge in [-0.05, 0) is 43.9 Å². The van der Waals surface area contributed by atoms with Crippen LogP contribution in [0.25, 0.3) is 0 Å². The van der Waals surface area contributed by atoms with Crippen molar-refractivity contribution in [2.45, 2.75) is 77.1 Å². The number of likely N-dealkylation sites (N-methyl/N-ethyl adjacent to an activating group) is 1. The highest BCUT2D eigenvalue weighted by atomic mass is 32.1. The van der Waals surface area contributed by atoms with Crippen molar-refractivity contribution in [3.8, 4) is 5.75 Å². The molecule has 1 unspecified atom stereocenters. The van der Waals surface area contributed by atoms with Crippen molar-refractivity contribution in [2.75, 3.05) is 14.2 Å². The maximum absolute atomic E-state index is 13.2. The van der Waals surface area contributed by atoms with E-state index in [-0.39, 0.29) is 12.8 Å². The molecule has 0 heterocycles. The third kappa shape index (κ3) is 9.72. The zero-order valence-corrected chi connectivity index (χ0v) is 23.0. The maximum atomic E-state index is 13.2. The fourth-order valence-electron chi connectivity index (χ4n) is 3.64. The van der Waals surface area contributed by atoms with Gasteiger partial charge in [0.05, 0.1) is 12.5 Å². The summed E-state index contributed by atoms with van der Waals surface area (Å²) in [6, 6.07) is 4.83. The van der Waals surface area contributed by atoms with Crippen LogP contribution in [0.4, 0.5) is 0 Å². The van der Waals surface area contributed by atoms with Crippen molar-refractivity contribution in [2.24, 2.45) is 11.3 Å². The van der Waals surface area contributed by atoms with Gasteiger partial charge in [0.1, 0.15) is 17.8 Å². The first-order valence-corrected chi connectivity index (χ1v) is 12.7. The highest BCUT2D eigenvalue weighted by Crippen LogP contribution is 2.29. The number of aliphatic carboxylic acids is 1. The fraction of sp³-hybridized carbons (Fsp3) is 0.615. The summed E-state index contributed by atoms with van der Waals surface area (Å²) < 4.78 is 5.15. The van der Waals surface area contributed by atoms with Gasteiger partial charge in [0, 0.05) is 25.1 Å². The molecule has 0 aliphatic heterocycles. The Bertz CT molecular complexity index is 888. The second kappa shape index (κ2) is 14.7. The van der Waals surface area contributed by atoms with Crippen molar-refractivity contribution in [1.29, 1.82) is 0 Å². The molecule has 202 valence electrons. The van der Waals surface area contributed by atoms with E-state index >= 15 is 0 Å². The lowest BCUT2D eigenvalue weighted by Crippen LogP contribution is -2.58. The van der Waals surface area contributed by atoms with Gasteiger partial charge in [-0.1, -0.05) is 38.8 Å². The Balaban J connectivity index is 2.92. The highest BCUT2D eigenvalue weighted by Gasteiger charge is 2.44. The number of benzene rings is 1. The van der Waals surface area contributed by atoms with Crippen molar-refractivity contribution in [1.82, 2.24) is 16.0 Å². The minimum Gasteiger partial charge on any atom is -0.497 e. The monoisotopic (exact) mass is 523 g/mol. The fourth-order valence-corrected chi connectivity index (χ4v) is 3.95. The molecule has 3 atom stereocenters. The molecule has 10 heteroatoms. The molecular weight excluding hydrogens is 482 g/mol. The molecule has 0 saturated heterocycles. The number of thiol groups is 1. The molecule has 3 amide bonds. The number of carboxylic acid groups (broad SMARTS) is 1. The first-order chi connectivity index (χ1) is 16.8. The van der Waals surface area contributed by atoms with E-state index < -0.39 is 46.4 Å². The Kier molecular flexibility index (Phi) is 12.8. The number of ether oxygens (including phenoxy) is 1. The minimum atomic E-state index is -1.38. The highest BCUT2D eigenvalue weighted by molar-refractivity contribution is 7.81. The molecule has 1 aromatic rings. The Hall–Kier alpha value is -2.75. The van der Waals surface area contributed by atoms with E-state index in [2.05, 4.69) is 42.4 Å². The summed E-state index contributed by atoms with van der Waals surface area (Å²) in [5, 5.41) is 16.5. The van der Waals surface area contributed by atoms with Crippen LogP contribution in [0.15, 0.2) is 24.3 Å². The molecular formula is C26H41N3O6S. The Morgan fingerprint density at radius 1 is 1.06 bits per heavy atom. The SMILES string of the molecule is CNC(=O)[C@H](Cc1ccc(OC)cc1)NC(=O)C(C)(C)C(S)[C@@H](NC(=O)CCCCC(C)C)C(=O)O. The van der Waals surface area contributed by atoms with Gasteiger partial charge in [-0.2, -0.15) is 12.6 Å². The van der Waals surface area contributed by atoms with Gasteiger partial charge in [-0.25, -0.2) is 4.79 Å². The standard InChI is InChI=1S/C26H41N3O6S/c1-16(2)9-7-8-10-20(30)29-21(24(32)33)22(36)26(3,4)25(34)28-19(23(31)27-5)15-17-11-13-18(35-6)14-12-17/h11-14,16,19,21-22,36H,7-10,15H2,1-6H3,(H,27,31)(H,28,34)(H,29,30)(H,32,33)/t19-,21+,22?/m0/s1. The van der Waals surface area contributed by atoms with Crippen LogP contribution in [0.3, 0.4) is 0 Å². The predicted molar refractivity (Wildman–Crippen MR) is 142 cm³/mol. The van der Waals surface area contributed by atoms with E-state index in [1.54, 1.807) is 45.2 Å². The molecule has 36 heavy (non-hydrogen) atoms. The lowest BCUT2D eigenvalue weighted by Gasteiger charge is -2.35. The summed E-state index contributed by atoms with van der Waals surface area (Å²) >= 11 is 4.44. The average molecular weight is 524 g/mol. The molecule has 0 saturated carbocycles. The van der Waals surface area contributed by atoms with E-state index in [1.165, 1.54) is 7.05 Å². The molecule has 4 N–H and O–H groups in total. The second-order valence-electron chi connectivity index (χ2n) is 9.88. The number of nitrogens with one attached hydrogen (secondary N) is 3. The first kappa shape index (κ1) is 31.3. The largest absolute Gasteiger partial charge is 0.497 e. The van der Waals surface area contributed by atoms with E-state index in [9.17, 15) is 24.3 Å². The number of carboxylic acids is 1. The Morgan fingerprint density at radius 2 is 1.67 bits per heavy atom. The smallest absolute Gasteiger partial charge is 0.327 e. The number of unbranched alkanes of at least 4 members (excludes halogenated alkanes) is 1. The van der Waals surface area contributed by atoms with E-state index in [1.807, 2.05) is 0 Å². The van der Waals surface area contributed by atoms with Crippen LogP contribution in [0.2, 0.25) is 0 Å². The molecule has 1 rings (SSSR count). The number of methoxy groups -OCH3 is 1. The van der Waals surface area contributed by atoms with Gasteiger partial charge in [0.2, 0.25) is 17.7 Å². The van der Waals surface area contributed by atoms with Crippen molar-refractivity contribution in [3.63, 3.8) is 0 Å². The van der Waals surface area contributed by atoms with Crippen LogP contribution in [-0.2, 0) is 25.6 Å². The van der Waals surface area contributed by atoms with Gasteiger partial charge in [-0.15, -0.1) is 0 Å². The van der Waals surface area contributed by atoms with Crippen molar-refractivity contribution < 1.29 is 29.0 Å². The lowest BCUT2D eigenvalue weighted by molar-refractivity contribution is -0.143. The maximum Gasteiger partial charge on any atom is 0.327 e. The summed E-state index contributed by atoms with van der Waals surface area (Å²) in [5.74, 6) is -1.43. The summed E-state index contributed by atoms with van der Waals surface area (Å²) in [5.41, 5.74) is -0.526. The van der Waals surface area contributed by atoms with Crippen LogP contribution in [0.1, 0.15) is 58.9 Å². The molecule has 0 spiro atoms. The number of rotatable bonds is 15. The lowest BCUT2D eigenvalue weighted by atomic mass is 9.83. The number of amides is 3. The number of hydrogen-bond donors (Lipinski definition) is 5. The van der Waals surface area contributed by atoms with Crippen LogP contribution in [0.5, 0.6) is 5.75 Å². The number of carbonyl (C=O) groups is 4. The summed E-state index contributed by atoms with van der Waals surface area (Å²) in [6.07, 6.45) is 2.93. The molecule has 9 nitrogen and oxygen atoms in total. The summed E-state index contributed by atoms with van der Waals surface area (Å²) in [4.78, 5) is 50.1. The molecule has 0 bridgehead atoms. The predicted octanol–water partition coefficient (Wildman–Crippen LogP) is 2.58. The number of carbonyl (C=O) groups excluding carboxylic acids is 3. The van der Waals surface area contributed by atoms with Gasteiger partial charge in [0.25, 0.3) is 0 Å². The van der Waals surface area contributed by atoms with Gasteiger partial charge < -0.3 is 25.8 Å². The normalized spacial score (nSPS) is 13.9.